The smallest absolute Gasteiger partial charge is 0.353 e. The minimum atomic E-state index is -4.33. The van der Waals surface area contributed by atoms with Crippen molar-refractivity contribution in [3.05, 3.63) is 0 Å². The Hall–Kier alpha value is -0.180. The molecule has 0 aromatic heterocycles. The molecule has 0 radical (unpaired) electrons. The molecule has 0 bridgehead atoms. The van der Waals surface area contributed by atoms with Crippen molar-refractivity contribution in [2.75, 3.05) is 38.5 Å². The number of rotatable bonds is 5. The van der Waals surface area contributed by atoms with Gasteiger partial charge in [0, 0.05) is 37.5 Å². The average molecular weight is 364 g/mol. The van der Waals surface area contributed by atoms with Crippen molar-refractivity contribution in [2.45, 2.75) is 37.7 Å². The number of nitrogens with zero attached hydrogens (tertiary/aromatic N) is 1. The predicted octanol–water partition coefficient (Wildman–Crippen LogP) is 1.89. The van der Waals surface area contributed by atoms with Gasteiger partial charge in [-0.3, -0.25) is 9.69 Å². The first-order chi connectivity index (χ1) is 9.59. The van der Waals surface area contributed by atoms with Gasteiger partial charge in [0.05, 0.1) is 5.75 Å². The molecule has 1 heterocycles. The highest BCUT2D eigenvalue weighted by Crippen LogP contribution is 2.25. The molecule has 0 aromatic rings. The molecule has 1 aliphatic rings. The largest absolute Gasteiger partial charge is 0.405 e. The maximum Gasteiger partial charge on any atom is 0.405 e. The van der Waals surface area contributed by atoms with Gasteiger partial charge in [-0.05, 0) is 0 Å². The van der Waals surface area contributed by atoms with Gasteiger partial charge >= 0.3 is 6.18 Å². The van der Waals surface area contributed by atoms with E-state index in [0.29, 0.717) is 26.2 Å². The molecule has 22 heavy (non-hydrogen) atoms. The molecule has 0 aliphatic carbocycles. The Bertz CT molecular complexity index is 344. The minimum absolute atomic E-state index is 0. The molecule has 132 valence electrons. The number of nitrogens with one attached hydrogen (secondary N) is 2. The van der Waals surface area contributed by atoms with E-state index in [0.717, 1.165) is 0 Å². The lowest BCUT2D eigenvalue weighted by Gasteiger charge is -2.36. The molecule has 1 rings (SSSR count). The van der Waals surface area contributed by atoms with Gasteiger partial charge in [0.15, 0.2) is 0 Å². The molecule has 0 spiro atoms. The fourth-order valence-electron chi connectivity index (χ4n) is 1.99. The van der Waals surface area contributed by atoms with Crippen LogP contribution in [0, 0.1) is 0 Å². The van der Waals surface area contributed by atoms with E-state index in [9.17, 15) is 18.0 Å². The van der Waals surface area contributed by atoms with Crippen LogP contribution in [0.5, 0.6) is 0 Å². The first-order valence-corrected chi connectivity index (χ1v) is 8.00. The number of amides is 1. The van der Waals surface area contributed by atoms with Gasteiger partial charge in [-0.25, -0.2) is 0 Å². The van der Waals surface area contributed by atoms with Crippen molar-refractivity contribution in [3.8, 4) is 0 Å². The summed E-state index contributed by atoms with van der Waals surface area (Å²) in [7, 11) is 0. The van der Waals surface area contributed by atoms with Crippen molar-refractivity contribution in [1.29, 1.82) is 0 Å². The van der Waals surface area contributed by atoms with E-state index in [2.05, 4.69) is 10.6 Å². The Kier molecular flexibility index (Phi) is 9.12. The minimum Gasteiger partial charge on any atom is -0.353 e. The molecule has 4 nitrogen and oxygen atoms in total. The van der Waals surface area contributed by atoms with Gasteiger partial charge in [-0.2, -0.15) is 13.2 Å². The van der Waals surface area contributed by atoms with Crippen molar-refractivity contribution in [1.82, 2.24) is 15.5 Å². The van der Waals surface area contributed by atoms with Crippen LogP contribution < -0.4 is 10.6 Å². The molecule has 1 saturated heterocycles. The molecule has 1 amide bonds. The van der Waals surface area contributed by atoms with Gasteiger partial charge in [-0.15, -0.1) is 24.2 Å². The van der Waals surface area contributed by atoms with Crippen LogP contribution in [0.4, 0.5) is 13.2 Å². The highest BCUT2D eigenvalue weighted by molar-refractivity contribution is 8.01. The first-order valence-electron chi connectivity index (χ1n) is 7.02. The second-order valence-electron chi connectivity index (χ2n) is 6.05. The topological polar surface area (TPSA) is 44.4 Å². The van der Waals surface area contributed by atoms with E-state index >= 15 is 0 Å². The Balaban J connectivity index is 0.00000441. The average Bonchev–Trinajstić information content (AvgIpc) is 2.35. The van der Waals surface area contributed by atoms with Crippen molar-refractivity contribution < 1.29 is 18.0 Å². The summed E-state index contributed by atoms with van der Waals surface area (Å²) in [5, 5.41) is 5.44. The van der Waals surface area contributed by atoms with Gasteiger partial charge < -0.3 is 10.6 Å². The maximum absolute atomic E-state index is 13.1. The standard InChI is InChI=1S/C13H24F3N3OS.ClH/c1-12(2,3)21-9-11(20)18-8-10(13(14,15)16)19-6-4-17-5-7-19;/h10,17H,4-9H2,1-3H3,(H,18,20);1H. The fourth-order valence-corrected chi connectivity index (χ4v) is 2.66. The van der Waals surface area contributed by atoms with Crippen LogP contribution in [0.3, 0.4) is 0 Å². The summed E-state index contributed by atoms with van der Waals surface area (Å²) in [6.45, 7) is 7.28. The number of halogens is 4. The second kappa shape index (κ2) is 9.20. The summed E-state index contributed by atoms with van der Waals surface area (Å²) in [5.74, 6) is -0.172. The van der Waals surface area contributed by atoms with E-state index in [1.165, 1.54) is 16.7 Å². The Morgan fingerprint density at radius 3 is 2.27 bits per heavy atom. The molecular formula is C13H25ClF3N3OS. The lowest BCUT2D eigenvalue weighted by molar-refractivity contribution is -0.183. The van der Waals surface area contributed by atoms with Gasteiger partial charge in [0.1, 0.15) is 6.04 Å². The quantitative estimate of drug-likeness (QED) is 0.783. The highest BCUT2D eigenvalue weighted by Gasteiger charge is 2.43. The molecule has 9 heteroatoms. The summed E-state index contributed by atoms with van der Waals surface area (Å²) in [4.78, 5) is 13.1. The van der Waals surface area contributed by atoms with Crippen LogP contribution in [-0.4, -0.2) is 66.2 Å². The number of alkyl halides is 3. The van der Waals surface area contributed by atoms with E-state index in [-0.39, 0.29) is 35.4 Å². The van der Waals surface area contributed by atoms with E-state index in [1.54, 1.807) is 0 Å². The number of thioether (sulfide) groups is 1. The van der Waals surface area contributed by atoms with Crippen molar-refractivity contribution >= 4 is 30.1 Å². The lowest BCUT2D eigenvalue weighted by atomic mass is 10.2. The van der Waals surface area contributed by atoms with Crippen LogP contribution in [0.2, 0.25) is 0 Å². The van der Waals surface area contributed by atoms with Crippen LogP contribution in [0.25, 0.3) is 0 Å². The van der Waals surface area contributed by atoms with Crippen molar-refractivity contribution in [3.63, 3.8) is 0 Å². The molecule has 2 N–H and O–H groups in total. The number of hydrogen-bond acceptors (Lipinski definition) is 4. The number of piperazine rings is 1. The maximum atomic E-state index is 13.1. The lowest BCUT2D eigenvalue weighted by Crippen LogP contribution is -2.57. The number of carbonyl (C=O) groups is 1. The zero-order valence-electron chi connectivity index (χ0n) is 13.1. The van der Waals surface area contributed by atoms with Crippen LogP contribution in [0.15, 0.2) is 0 Å². The van der Waals surface area contributed by atoms with Crippen LogP contribution >= 0.6 is 24.2 Å². The van der Waals surface area contributed by atoms with Crippen molar-refractivity contribution in [2.24, 2.45) is 0 Å². The van der Waals surface area contributed by atoms with E-state index in [1.807, 2.05) is 20.8 Å². The third-order valence-corrected chi connectivity index (χ3v) is 4.37. The summed E-state index contributed by atoms with van der Waals surface area (Å²) < 4.78 is 39.3. The van der Waals surface area contributed by atoms with Crippen LogP contribution in [-0.2, 0) is 4.79 Å². The molecule has 0 saturated carbocycles. The Labute approximate surface area is 140 Å². The molecular weight excluding hydrogens is 339 g/mol. The molecule has 1 unspecified atom stereocenters. The number of carbonyl (C=O) groups excluding carboxylic acids is 1. The second-order valence-corrected chi connectivity index (χ2v) is 7.85. The Morgan fingerprint density at radius 2 is 1.82 bits per heavy atom. The first kappa shape index (κ1) is 21.8. The zero-order chi connectivity index (χ0) is 16.1. The van der Waals surface area contributed by atoms with Gasteiger partial charge in [0.25, 0.3) is 0 Å². The summed E-state index contributed by atoms with van der Waals surface area (Å²) in [6, 6.07) is -1.61. The highest BCUT2D eigenvalue weighted by atomic mass is 35.5. The third-order valence-electron chi connectivity index (χ3n) is 3.10. The number of hydrogen-bond donors (Lipinski definition) is 2. The van der Waals surface area contributed by atoms with E-state index in [4.69, 9.17) is 0 Å². The summed E-state index contributed by atoms with van der Waals surface area (Å²) in [5.41, 5.74) is 0. The molecule has 0 aromatic carbocycles. The fraction of sp³-hybridized carbons (Fsp3) is 0.923. The summed E-state index contributed by atoms with van der Waals surface area (Å²) in [6.07, 6.45) is -4.33. The third kappa shape index (κ3) is 8.45. The molecule has 1 aliphatic heterocycles. The Morgan fingerprint density at radius 1 is 1.27 bits per heavy atom. The van der Waals surface area contributed by atoms with Gasteiger partial charge in [-0.1, -0.05) is 20.8 Å². The summed E-state index contributed by atoms with van der Waals surface area (Å²) >= 11 is 1.42. The molecule has 1 atom stereocenters. The predicted molar refractivity (Wildman–Crippen MR) is 86.8 cm³/mol. The monoisotopic (exact) mass is 363 g/mol. The molecule has 1 fully saturated rings. The van der Waals surface area contributed by atoms with E-state index < -0.39 is 12.2 Å². The zero-order valence-corrected chi connectivity index (χ0v) is 14.8. The van der Waals surface area contributed by atoms with Crippen LogP contribution in [0.1, 0.15) is 20.8 Å². The SMILES string of the molecule is CC(C)(C)SCC(=O)NCC(N1CCNCC1)C(F)(F)F.Cl. The van der Waals surface area contributed by atoms with Gasteiger partial charge in [0.2, 0.25) is 5.91 Å². The normalized spacial score (nSPS) is 18.5.